The number of hydrogen-bond acceptors (Lipinski definition) is 3. The molecule has 2 aromatic carbocycles. The Morgan fingerprint density at radius 3 is 2.45 bits per heavy atom. The molecule has 1 amide bonds. The first-order valence-corrected chi connectivity index (χ1v) is 5.78. The maximum Gasteiger partial charge on any atom is 0.265 e. The molecule has 2 rings (SSSR count). The number of carbonyl (C=O) groups is 1. The van der Waals surface area contributed by atoms with Crippen LogP contribution in [0.1, 0.15) is 15.9 Å². The molecule has 0 bridgehead atoms. The van der Waals surface area contributed by atoms with E-state index in [0.29, 0.717) is 11.1 Å². The smallest absolute Gasteiger partial charge is 0.265 e. The van der Waals surface area contributed by atoms with E-state index < -0.39 is 17.5 Å². The van der Waals surface area contributed by atoms with E-state index in [1.165, 1.54) is 0 Å². The summed E-state index contributed by atoms with van der Waals surface area (Å²) in [6.07, 6.45) is 0. The van der Waals surface area contributed by atoms with Crippen LogP contribution in [0.3, 0.4) is 0 Å². The fourth-order valence-electron chi connectivity index (χ4n) is 1.72. The molecule has 0 aliphatic heterocycles. The van der Waals surface area contributed by atoms with Gasteiger partial charge in [0.15, 0.2) is 0 Å². The van der Waals surface area contributed by atoms with E-state index >= 15 is 0 Å². The lowest BCUT2D eigenvalue weighted by Crippen LogP contribution is -2.30. The number of nitrogen functional groups attached to an aromatic ring is 1. The van der Waals surface area contributed by atoms with Crippen LogP contribution >= 0.6 is 0 Å². The molecule has 0 unspecified atom stereocenters. The number of nitrogens with two attached hydrogens (primary N) is 1. The lowest BCUT2D eigenvalue weighted by Gasteiger charge is -2.10. The zero-order valence-electron chi connectivity index (χ0n) is 10.4. The van der Waals surface area contributed by atoms with Gasteiger partial charge >= 0.3 is 0 Å². The molecule has 3 N–H and O–H groups in total. The third kappa shape index (κ3) is 3.30. The van der Waals surface area contributed by atoms with Crippen molar-refractivity contribution >= 4 is 5.91 Å². The Labute approximate surface area is 114 Å². The summed E-state index contributed by atoms with van der Waals surface area (Å²) in [5.74, 6) is 3.21. The Morgan fingerprint density at radius 1 is 1.15 bits per heavy atom. The molecule has 104 valence electrons. The van der Waals surface area contributed by atoms with Crippen molar-refractivity contribution in [2.75, 3.05) is 0 Å². The quantitative estimate of drug-likeness (QED) is 0.511. The van der Waals surface area contributed by atoms with Crippen LogP contribution in [-0.4, -0.2) is 5.91 Å². The van der Waals surface area contributed by atoms with Gasteiger partial charge in [0, 0.05) is 29.3 Å². The molecule has 0 saturated carbocycles. The highest BCUT2D eigenvalue weighted by Gasteiger charge is 2.10. The van der Waals surface area contributed by atoms with Crippen molar-refractivity contribution < 1.29 is 18.3 Å². The second-order valence-corrected chi connectivity index (χ2v) is 4.02. The standard InChI is InChI=1S/C14H12F2N2O2/c15-10-5-11(16)7-12(6-10)20-8-9-3-1-2-4-13(9)14(19)18-17/h1-7H,8,17H2,(H,18,19). The zero-order valence-corrected chi connectivity index (χ0v) is 10.4. The van der Waals surface area contributed by atoms with Crippen molar-refractivity contribution in [2.24, 2.45) is 5.84 Å². The first-order chi connectivity index (χ1) is 9.60. The Balaban J connectivity index is 2.16. The van der Waals surface area contributed by atoms with Crippen molar-refractivity contribution in [1.82, 2.24) is 5.43 Å². The molecule has 2 aromatic rings. The molecule has 0 aromatic heterocycles. The summed E-state index contributed by atoms with van der Waals surface area (Å²) in [7, 11) is 0. The lowest BCUT2D eigenvalue weighted by atomic mass is 10.1. The predicted molar refractivity (Wildman–Crippen MR) is 68.8 cm³/mol. The Morgan fingerprint density at radius 2 is 1.80 bits per heavy atom. The molecule has 4 nitrogen and oxygen atoms in total. The van der Waals surface area contributed by atoms with Crippen LogP contribution < -0.4 is 16.0 Å². The van der Waals surface area contributed by atoms with Gasteiger partial charge in [-0.1, -0.05) is 18.2 Å². The summed E-state index contributed by atoms with van der Waals surface area (Å²) >= 11 is 0. The van der Waals surface area contributed by atoms with Gasteiger partial charge in [0.2, 0.25) is 0 Å². The van der Waals surface area contributed by atoms with Crippen molar-refractivity contribution in [3.8, 4) is 5.75 Å². The number of benzene rings is 2. The van der Waals surface area contributed by atoms with E-state index in [-0.39, 0.29) is 12.4 Å². The Kier molecular flexibility index (Phi) is 4.27. The van der Waals surface area contributed by atoms with Gasteiger partial charge in [0.25, 0.3) is 5.91 Å². The van der Waals surface area contributed by atoms with Crippen LogP contribution in [0.2, 0.25) is 0 Å². The average molecular weight is 278 g/mol. The first kappa shape index (κ1) is 14.0. The number of ether oxygens (including phenoxy) is 1. The number of halogens is 2. The fourth-order valence-corrected chi connectivity index (χ4v) is 1.72. The Bertz CT molecular complexity index is 612. The summed E-state index contributed by atoms with van der Waals surface area (Å²) in [4.78, 5) is 11.5. The predicted octanol–water partition coefficient (Wildman–Crippen LogP) is 2.15. The number of hydrazine groups is 1. The largest absolute Gasteiger partial charge is 0.489 e. The van der Waals surface area contributed by atoms with E-state index in [1.54, 1.807) is 24.3 Å². The monoisotopic (exact) mass is 278 g/mol. The third-order valence-electron chi connectivity index (χ3n) is 2.62. The van der Waals surface area contributed by atoms with Crippen molar-refractivity contribution in [1.29, 1.82) is 0 Å². The van der Waals surface area contributed by atoms with Crippen LogP contribution in [0.5, 0.6) is 5.75 Å². The fraction of sp³-hybridized carbons (Fsp3) is 0.0714. The zero-order chi connectivity index (χ0) is 14.5. The van der Waals surface area contributed by atoms with E-state index in [0.717, 1.165) is 18.2 Å². The topological polar surface area (TPSA) is 64.3 Å². The molecule has 6 heteroatoms. The molecule has 0 spiro atoms. The van der Waals surface area contributed by atoms with E-state index in [4.69, 9.17) is 10.6 Å². The highest BCUT2D eigenvalue weighted by atomic mass is 19.1. The van der Waals surface area contributed by atoms with Crippen LogP contribution in [0.25, 0.3) is 0 Å². The molecule has 0 atom stereocenters. The van der Waals surface area contributed by atoms with Crippen LogP contribution in [0.4, 0.5) is 8.78 Å². The lowest BCUT2D eigenvalue weighted by molar-refractivity contribution is 0.0951. The van der Waals surface area contributed by atoms with E-state index in [1.807, 2.05) is 5.43 Å². The first-order valence-electron chi connectivity index (χ1n) is 5.78. The summed E-state index contributed by atoms with van der Waals surface area (Å²) < 4.78 is 31.3. The molecule has 0 heterocycles. The number of amides is 1. The normalized spacial score (nSPS) is 10.2. The maximum atomic E-state index is 13.0. The van der Waals surface area contributed by atoms with Crippen molar-refractivity contribution in [3.63, 3.8) is 0 Å². The number of rotatable bonds is 4. The van der Waals surface area contributed by atoms with Gasteiger partial charge in [-0.2, -0.15) is 0 Å². The summed E-state index contributed by atoms with van der Waals surface area (Å²) in [6.45, 7) is -0.00745. The van der Waals surface area contributed by atoms with E-state index in [2.05, 4.69) is 0 Å². The molecular weight excluding hydrogens is 266 g/mol. The molecule has 20 heavy (non-hydrogen) atoms. The number of carbonyl (C=O) groups excluding carboxylic acids is 1. The SMILES string of the molecule is NNC(=O)c1ccccc1COc1cc(F)cc(F)c1. The van der Waals surface area contributed by atoms with E-state index in [9.17, 15) is 13.6 Å². The minimum absolute atomic E-state index is 0.00745. The van der Waals surface area contributed by atoms with Crippen LogP contribution in [-0.2, 0) is 6.61 Å². The van der Waals surface area contributed by atoms with Crippen LogP contribution in [0.15, 0.2) is 42.5 Å². The highest BCUT2D eigenvalue weighted by Crippen LogP contribution is 2.18. The van der Waals surface area contributed by atoms with Crippen molar-refractivity contribution in [2.45, 2.75) is 6.61 Å². The minimum atomic E-state index is -0.729. The summed E-state index contributed by atoms with van der Waals surface area (Å²) in [6, 6.07) is 9.52. The number of nitrogens with one attached hydrogen (secondary N) is 1. The molecule has 0 aliphatic rings. The second-order valence-electron chi connectivity index (χ2n) is 4.02. The van der Waals surface area contributed by atoms with Gasteiger partial charge in [-0.15, -0.1) is 0 Å². The van der Waals surface area contributed by atoms with Gasteiger partial charge in [0.05, 0.1) is 0 Å². The molecule has 0 fully saturated rings. The van der Waals surface area contributed by atoms with Gasteiger partial charge < -0.3 is 4.74 Å². The molecule has 0 aliphatic carbocycles. The Hall–Kier alpha value is -2.47. The summed E-state index contributed by atoms with van der Waals surface area (Å²) in [5.41, 5.74) is 2.92. The summed E-state index contributed by atoms with van der Waals surface area (Å²) in [5, 5.41) is 0. The van der Waals surface area contributed by atoms with Gasteiger partial charge in [-0.3, -0.25) is 10.2 Å². The molecule has 0 saturated heterocycles. The number of hydrogen-bond donors (Lipinski definition) is 2. The second kappa shape index (κ2) is 6.12. The van der Waals surface area contributed by atoms with Crippen LogP contribution in [0, 0.1) is 11.6 Å². The maximum absolute atomic E-state index is 13.0. The third-order valence-corrected chi connectivity index (χ3v) is 2.62. The molecule has 0 radical (unpaired) electrons. The highest BCUT2D eigenvalue weighted by molar-refractivity contribution is 5.95. The van der Waals surface area contributed by atoms with Gasteiger partial charge in [-0.25, -0.2) is 14.6 Å². The average Bonchev–Trinajstić information content (AvgIpc) is 2.43. The minimum Gasteiger partial charge on any atom is -0.489 e. The van der Waals surface area contributed by atoms with Gasteiger partial charge in [0.1, 0.15) is 24.0 Å². The van der Waals surface area contributed by atoms with Gasteiger partial charge in [-0.05, 0) is 6.07 Å². The molecular formula is C14H12F2N2O2. The van der Waals surface area contributed by atoms with Crippen molar-refractivity contribution in [3.05, 3.63) is 65.2 Å².